The van der Waals surface area contributed by atoms with Crippen molar-refractivity contribution < 1.29 is 0 Å². The zero-order valence-electron chi connectivity index (χ0n) is 24.4. The van der Waals surface area contributed by atoms with Gasteiger partial charge < -0.3 is 4.90 Å². The second kappa shape index (κ2) is 11.5. The monoisotopic (exact) mass is 531 g/mol. The van der Waals surface area contributed by atoms with E-state index in [9.17, 15) is 0 Å². The first-order valence-corrected chi connectivity index (χ1v) is 14.6. The lowest BCUT2D eigenvalue weighted by molar-refractivity contribution is 0.680. The third kappa shape index (κ3) is 5.81. The molecule has 6 rings (SSSR count). The van der Waals surface area contributed by atoms with Gasteiger partial charge in [0, 0.05) is 23.0 Å². The van der Waals surface area contributed by atoms with Crippen LogP contribution in [0.25, 0.3) is 27.8 Å². The summed E-state index contributed by atoms with van der Waals surface area (Å²) in [5, 5.41) is 0. The van der Waals surface area contributed by atoms with Crippen LogP contribution in [0.1, 0.15) is 35.6 Å². The Labute approximate surface area is 245 Å². The molecule has 1 nitrogen and oxygen atoms in total. The maximum Gasteiger partial charge on any atom is 0.0458 e. The predicted molar refractivity (Wildman–Crippen MR) is 176 cm³/mol. The Morgan fingerprint density at radius 3 is 1.15 bits per heavy atom. The number of nitrogens with zero attached hydrogens (tertiary/aromatic N) is 1. The van der Waals surface area contributed by atoms with Crippen molar-refractivity contribution in [3.8, 4) is 22.3 Å². The highest BCUT2D eigenvalue weighted by atomic mass is 15.2. The Bertz CT molecular complexity index is 1590. The molecular formula is C40H37N. The van der Waals surface area contributed by atoms with Gasteiger partial charge in [0.05, 0.1) is 0 Å². The molecule has 0 saturated carbocycles. The van der Waals surface area contributed by atoms with E-state index in [0.29, 0.717) is 5.92 Å². The highest BCUT2D eigenvalue weighted by Gasteiger charge is 2.24. The van der Waals surface area contributed by atoms with Crippen molar-refractivity contribution in [3.63, 3.8) is 0 Å². The lowest BCUT2D eigenvalue weighted by Crippen LogP contribution is -2.23. The maximum absolute atomic E-state index is 2.44. The van der Waals surface area contributed by atoms with Crippen molar-refractivity contribution in [2.45, 2.75) is 34.1 Å². The van der Waals surface area contributed by atoms with Crippen LogP contribution in [0.5, 0.6) is 0 Å². The average molecular weight is 532 g/mol. The van der Waals surface area contributed by atoms with E-state index in [1.807, 2.05) is 0 Å². The molecule has 0 radical (unpaired) electrons. The molecule has 1 atom stereocenters. The number of anilines is 2. The molecule has 0 N–H and O–H groups in total. The lowest BCUT2D eigenvalue weighted by Gasteiger charge is -2.34. The summed E-state index contributed by atoms with van der Waals surface area (Å²) in [6.45, 7) is 8.76. The van der Waals surface area contributed by atoms with Gasteiger partial charge in [0.25, 0.3) is 0 Å². The van der Waals surface area contributed by atoms with E-state index >= 15 is 0 Å². The SMILES string of the molecule is Cc1ccc(C2=CC=C(N(c3ccc(-c4ccc(C)cc4)cc3)c3ccc(-c4ccc(C)cc4)cc3)C(C)C2)cc1. The van der Waals surface area contributed by atoms with Crippen molar-refractivity contribution in [3.05, 3.63) is 161 Å². The van der Waals surface area contributed by atoms with Crippen molar-refractivity contribution in [2.75, 3.05) is 4.90 Å². The molecule has 0 bridgehead atoms. The molecule has 1 aliphatic rings. The number of benzene rings is 5. The van der Waals surface area contributed by atoms with Gasteiger partial charge in [0.15, 0.2) is 0 Å². The molecule has 0 spiro atoms. The Balaban J connectivity index is 1.39. The molecule has 41 heavy (non-hydrogen) atoms. The highest BCUT2D eigenvalue weighted by molar-refractivity contribution is 5.77. The van der Waals surface area contributed by atoms with Gasteiger partial charge in [0.2, 0.25) is 0 Å². The zero-order chi connectivity index (χ0) is 28.3. The Morgan fingerprint density at radius 2 is 0.780 bits per heavy atom. The first-order valence-electron chi connectivity index (χ1n) is 14.6. The molecule has 0 amide bonds. The van der Waals surface area contributed by atoms with Gasteiger partial charge in [0.1, 0.15) is 0 Å². The third-order valence-electron chi connectivity index (χ3n) is 8.19. The molecule has 1 aliphatic carbocycles. The fraction of sp³-hybridized carbons (Fsp3) is 0.150. The maximum atomic E-state index is 2.44. The summed E-state index contributed by atoms with van der Waals surface area (Å²) >= 11 is 0. The van der Waals surface area contributed by atoms with E-state index in [1.54, 1.807) is 0 Å². The standard InChI is InChI=1S/C40H37N/c1-28-5-11-32(12-6-28)34-17-22-38(23-18-34)41(39-24-19-35(20-25-39)33-13-7-29(2)8-14-33)40-26-21-37(27-31(40)4)36-15-9-30(3)10-16-36/h5-26,31H,27H2,1-4H3. The first kappa shape index (κ1) is 26.6. The highest BCUT2D eigenvalue weighted by Crippen LogP contribution is 2.40. The van der Waals surface area contributed by atoms with E-state index in [-0.39, 0.29) is 0 Å². The lowest BCUT2D eigenvalue weighted by atomic mass is 9.87. The Hall–Kier alpha value is -4.62. The van der Waals surface area contributed by atoms with Gasteiger partial charge in [-0.15, -0.1) is 0 Å². The third-order valence-corrected chi connectivity index (χ3v) is 8.19. The van der Waals surface area contributed by atoms with Crippen LogP contribution in [0, 0.1) is 26.7 Å². The number of hydrogen-bond donors (Lipinski definition) is 0. The molecule has 1 unspecified atom stereocenters. The normalized spacial score (nSPS) is 14.8. The topological polar surface area (TPSA) is 3.24 Å². The summed E-state index contributed by atoms with van der Waals surface area (Å²) in [5.41, 5.74) is 15.2. The summed E-state index contributed by atoms with van der Waals surface area (Å²) in [6, 6.07) is 44.5. The summed E-state index contributed by atoms with van der Waals surface area (Å²) in [4.78, 5) is 2.44. The molecule has 5 aromatic rings. The van der Waals surface area contributed by atoms with E-state index < -0.39 is 0 Å². The van der Waals surface area contributed by atoms with Crippen LogP contribution in [0.4, 0.5) is 11.4 Å². The van der Waals surface area contributed by atoms with Gasteiger partial charge in [-0.25, -0.2) is 0 Å². The number of rotatable bonds is 6. The van der Waals surface area contributed by atoms with Gasteiger partial charge >= 0.3 is 0 Å². The number of allylic oxidation sites excluding steroid dienone is 4. The van der Waals surface area contributed by atoms with Crippen molar-refractivity contribution >= 4 is 16.9 Å². The van der Waals surface area contributed by atoms with Crippen LogP contribution in [-0.4, -0.2) is 0 Å². The van der Waals surface area contributed by atoms with E-state index in [1.165, 1.54) is 67.2 Å². The smallest absolute Gasteiger partial charge is 0.0458 e. The second-order valence-electron chi connectivity index (χ2n) is 11.4. The minimum atomic E-state index is 0.366. The summed E-state index contributed by atoms with van der Waals surface area (Å²) in [7, 11) is 0. The summed E-state index contributed by atoms with van der Waals surface area (Å²) in [5.74, 6) is 0.366. The molecule has 0 fully saturated rings. The van der Waals surface area contributed by atoms with Crippen LogP contribution in [0.15, 0.2) is 139 Å². The van der Waals surface area contributed by atoms with Crippen LogP contribution >= 0.6 is 0 Å². The second-order valence-corrected chi connectivity index (χ2v) is 11.4. The van der Waals surface area contributed by atoms with Crippen molar-refractivity contribution in [1.82, 2.24) is 0 Å². The fourth-order valence-corrected chi connectivity index (χ4v) is 5.67. The molecule has 0 saturated heterocycles. The Morgan fingerprint density at radius 1 is 0.439 bits per heavy atom. The largest absolute Gasteiger partial charge is 0.314 e. The van der Waals surface area contributed by atoms with Crippen LogP contribution in [0.3, 0.4) is 0 Å². The predicted octanol–water partition coefficient (Wildman–Crippen LogP) is 11.1. The molecule has 0 aliphatic heterocycles. The summed E-state index contributed by atoms with van der Waals surface area (Å²) < 4.78 is 0. The van der Waals surface area contributed by atoms with E-state index in [4.69, 9.17) is 0 Å². The molecule has 202 valence electrons. The molecule has 5 aromatic carbocycles. The number of aryl methyl sites for hydroxylation is 3. The van der Waals surface area contributed by atoms with Crippen LogP contribution in [0.2, 0.25) is 0 Å². The van der Waals surface area contributed by atoms with Crippen LogP contribution in [-0.2, 0) is 0 Å². The van der Waals surface area contributed by atoms with Crippen molar-refractivity contribution in [2.24, 2.45) is 5.92 Å². The average Bonchev–Trinajstić information content (AvgIpc) is 3.00. The quantitative estimate of drug-likeness (QED) is 0.211. The van der Waals surface area contributed by atoms with Crippen LogP contribution < -0.4 is 4.90 Å². The number of hydrogen-bond acceptors (Lipinski definition) is 1. The Kier molecular flexibility index (Phi) is 7.44. The minimum absolute atomic E-state index is 0.366. The molecule has 0 heterocycles. The zero-order valence-corrected chi connectivity index (χ0v) is 24.4. The molecular weight excluding hydrogens is 494 g/mol. The van der Waals surface area contributed by atoms with Gasteiger partial charge in [-0.05, 0) is 90.9 Å². The fourth-order valence-electron chi connectivity index (χ4n) is 5.67. The van der Waals surface area contributed by atoms with Gasteiger partial charge in [-0.1, -0.05) is 127 Å². The van der Waals surface area contributed by atoms with Crippen molar-refractivity contribution in [1.29, 1.82) is 0 Å². The first-order chi connectivity index (χ1) is 19.9. The van der Waals surface area contributed by atoms with E-state index in [2.05, 4.69) is 166 Å². The van der Waals surface area contributed by atoms with Gasteiger partial charge in [-0.3, -0.25) is 0 Å². The van der Waals surface area contributed by atoms with Gasteiger partial charge in [-0.2, -0.15) is 0 Å². The molecule has 0 aromatic heterocycles. The molecule has 1 heteroatoms. The summed E-state index contributed by atoms with van der Waals surface area (Å²) in [6.07, 6.45) is 5.65. The minimum Gasteiger partial charge on any atom is -0.314 e. The van der Waals surface area contributed by atoms with E-state index in [0.717, 1.165) is 6.42 Å².